The Labute approximate surface area is 143 Å². The molecule has 0 atom stereocenters. The number of carbonyl (C=O) groups is 1. The molecule has 5 nitrogen and oxygen atoms in total. The van der Waals surface area contributed by atoms with Crippen LogP contribution in [0.2, 0.25) is 0 Å². The molecular formula is C18H27FN2O3. The Kier molecular flexibility index (Phi) is 6.57. The maximum atomic E-state index is 14.1. The van der Waals surface area contributed by atoms with Crippen LogP contribution in [0.25, 0.3) is 0 Å². The van der Waals surface area contributed by atoms with Gasteiger partial charge in [-0.3, -0.25) is 9.69 Å². The molecule has 0 saturated carbocycles. The lowest BCUT2D eigenvalue weighted by Crippen LogP contribution is -2.55. The minimum atomic E-state index is -0.388. The Hall–Kier alpha value is -1.66. The van der Waals surface area contributed by atoms with Gasteiger partial charge in [-0.25, -0.2) is 4.39 Å². The number of ether oxygens (including phenoxy) is 2. The van der Waals surface area contributed by atoms with E-state index in [0.29, 0.717) is 18.5 Å². The smallest absolute Gasteiger partial charge is 0.220 e. The van der Waals surface area contributed by atoms with Gasteiger partial charge in [0.15, 0.2) is 11.6 Å². The topological polar surface area (TPSA) is 50.8 Å². The maximum absolute atomic E-state index is 14.1. The molecule has 0 spiro atoms. The number of nitrogens with zero attached hydrogens (tertiary/aromatic N) is 1. The first-order valence-electron chi connectivity index (χ1n) is 8.35. The molecular weight excluding hydrogens is 311 g/mol. The number of amides is 1. The van der Waals surface area contributed by atoms with E-state index in [9.17, 15) is 9.18 Å². The van der Waals surface area contributed by atoms with Crippen molar-refractivity contribution in [1.29, 1.82) is 0 Å². The van der Waals surface area contributed by atoms with Gasteiger partial charge in [0.25, 0.3) is 0 Å². The number of aryl methyl sites for hydroxylation is 1. The summed E-state index contributed by atoms with van der Waals surface area (Å²) in [5.74, 6) is -0.249. The number of hydrogen-bond acceptors (Lipinski definition) is 4. The molecule has 1 N–H and O–H groups in total. The molecule has 1 saturated heterocycles. The second-order valence-electron chi connectivity index (χ2n) is 6.62. The van der Waals surface area contributed by atoms with Crippen LogP contribution in [0.4, 0.5) is 4.39 Å². The van der Waals surface area contributed by atoms with Crippen LogP contribution in [0.1, 0.15) is 25.8 Å². The predicted molar refractivity (Wildman–Crippen MR) is 90.8 cm³/mol. The van der Waals surface area contributed by atoms with Crippen molar-refractivity contribution in [2.45, 2.75) is 32.2 Å². The van der Waals surface area contributed by atoms with E-state index < -0.39 is 0 Å². The number of nitrogens with one attached hydrogen (secondary N) is 1. The molecule has 1 aliphatic rings. The van der Waals surface area contributed by atoms with Crippen LogP contribution in [0.3, 0.4) is 0 Å². The summed E-state index contributed by atoms with van der Waals surface area (Å²) in [5.41, 5.74) is 0.373. The summed E-state index contributed by atoms with van der Waals surface area (Å²) >= 11 is 0. The Morgan fingerprint density at radius 1 is 1.38 bits per heavy atom. The second kappa shape index (κ2) is 8.44. The molecule has 134 valence electrons. The van der Waals surface area contributed by atoms with Crippen LogP contribution >= 0.6 is 0 Å². The summed E-state index contributed by atoms with van der Waals surface area (Å²) < 4.78 is 24.4. The number of halogens is 1. The quantitative estimate of drug-likeness (QED) is 0.826. The fourth-order valence-corrected chi connectivity index (χ4v) is 2.84. The highest BCUT2D eigenvalue weighted by Crippen LogP contribution is 2.21. The molecule has 1 amide bonds. The summed E-state index contributed by atoms with van der Waals surface area (Å²) in [5, 5.41) is 2.96. The van der Waals surface area contributed by atoms with Crippen molar-refractivity contribution in [1.82, 2.24) is 10.2 Å². The first kappa shape index (κ1) is 18.7. The fraction of sp³-hybridized carbons (Fsp3) is 0.611. The van der Waals surface area contributed by atoms with Crippen LogP contribution in [-0.2, 0) is 16.0 Å². The van der Waals surface area contributed by atoms with Gasteiger partial charge < -0.3 is 14.8 Å². The van der Waals surface area contributed by atoms with E-state index >= 15 is 0 Å². The van der Waals surface area contributed by atoms with Crippen LogP contribution in [0, 0.1) is 5.82 Å². The molecule has 0 aromatic heterocycles. The van der Waals surface area contributed by atoms with Gasteiger partial charge in [0.1, 0.15) is 0 Å². The molecule has 1 aromatic carbocycles. The molecule has 1 aliphatic heterocycles. The first-order valence-corrected chi connectivity index (χ1v) is 8.35. The van der Waals surface area contributed by atoms with Gasteiger partial charge in [-0.15, -0.1) is 0 Å². The summed E-state index contributed by atoms with van der Waals surface area (Å²) in [7, 11) is 1.43. The van der Waals surface area contributed by atoms with Crippen LogP contribution < -0.4 is 10.1 Å². The molecule has 1 fully saturated rings. The SMILES string of the molecule is COc1cccc(CCC(=O)NCC(C)(C)N2CCOCC2)c1F. The van der Waals surface area contributed by atoms with E-state index in [4.69, 9.17) is 9.47 Å². The van der Waals surface area contributed by atoms with Gasteiger partial charge in [0.05, 0.1) is 20.3 Å². The largest absolute Gasteiger partial charge is 0.494 e. The normalized spacial score (nSPS) is 16.0. The Bertz CT molecular complexity index is 557. The Morgan fingerprint density at radius 3 is 2.75 bits per heavy atom. The highest BCUT2D eigenvalue weighted by atomic mass is 19.1. The van der Waals surface area contributed by atoms with Gasteiger partial charge in [-0.1, -0.05) is 12.1 Å². The standard InChI is InChI=1S/C18H27FN2O3/c1-18(2,21-9-11-24-12-10-21)13-20-16(22)8-7-14-5-4-6-15(23-3)17(14)19/h4-6H,7-13H2,1-3H3,(H,20,22). The van der Waals surface area contributed by atoms with Crippen molar-refractivity contribution >= 4 is 5.91 Å². The monoisotopic (exact) mass is 338 g/mol. The predicted octanol–water partition coefficient (Wildman–Crippen LogP) is 1.99. The van der Waals surface area contributed by atoms with Crippen molar-refractivity contribution < 1.29 is 18.7 Å². The number of rotatable bonds is 7. The molecule has 2 rings (SSSR count). The van der Waals surface area contributed by atoms with E-state index in [1.807, 2.05) is 0 Å². The van der Waals surface area contributed by atoms with Gasteiger partial charge in [-0.05, 0) is 31.9 Å². The fourth-order valence-electron chi connectivity index (χ4n) is 2.84. The van der Waals surface area contributed by atoms with Gasteiger partial charge in [-0.2, -0.15) is 0 Å². The van der Waals surface area contributed by atoms with E-state index in [1.165, 1.54) is 7.11 Å². The average molecular weight is 338 g/mol. The minimum absolute atomic E-state index is 0.0708. The number of benzene rings is 1. The van der Waals surface area contributed by atoms with Crippen LogP contribution in [0.5, 0.6) is 5.75 Å². The molecule has 0 unspecified atom stereocenters. The van der Waals surface area contributed by atoms with Crippen molar-refractivity contribution in [3.63, 3.8) is 0 Å². The molecule has 24 heavy (non-hydrogen) atoms. The van der Waals surface area contributed by atoms with Crippen LogP contribution in [0.15, 0.2) is 18.2 Å². The molecule has 0 aliphatic carbocycles. The van der Waals surface area contributed by atoms with Crippen molar-refractivity contribution in [3.8, 4) is 5.75 Å². The lowest BCUT2D eigenvalue weighted by Gasteiger charge is -2.40. The lowest BCUT2D eigenvalue weighted by atomic mass is 10.0. The summed E-state index contributed by atoms with van der Waals surface area (Å²) in [6.45, 7) is 7.99. The third-order valence-electron chi connectivity index (χ3n) is 4.47. The average Bonchev–Trinajstić information content (AvgIpc) is 2.60. The van der Waals surface area contributed by atoms with E-state index in [0.717, 1.165) is 26.3 Å². The van der Waals surface area contributed by atoms with E-state index in [2.05, 4.69) is 24.1 Å². The van der Waals surface area contributed by atoms with Gasteiger partial charge in [0, 0.05) is 31.6 Å². The Morgan fingerprint density at radius 2 is 2.08 bits per heavy atom. The van der Waals surface area contributed by atoms with Crippen molar-refractivity contribution in [2.75, 3.05) is 40.0 Å². The number of hydrogen-bond donors (Lipinski definition) is 1. The molecule has 0 radical (unpaired) electrons. The minimum Gasteiger partial charge on any atom is -0.494 e. The van der Waals surface area contributed by atoms with Crippen molar-refractivity contribution in [3.05, 3.63) is 29.6 Å². The molecule has 1 aromatic rings. The number of morpholine rings is 1. The maximum Gasteiger partial charge on any atom is 0.220 e. The Balaban J connectivity index is 1.81. The zero-order valence-corrected chi connectivity index (χ0v) is 14.7. The molecule has 1 heterocycles. The lowest BCUT2D eigenvalue weighted by molar-refractivity contribution is -0.121. The zero-order valence-electron chi connectivity index (χ0n) is 14.7. The third kappa shape index (κ3) is 4.92. The van der Waals surface area contributed by atoms with Gasteiger partial charge in [0.2, 0.25) is 5.91 Å². The first-order chi connectivity index (χ1) is 11.4. The number of carbonyl (C=O) groups excluding carboxylic acids is 1. The second-order valence-corrected chi connectivity index (χ2v) is 6.62. The molecule has 0 bridgehead atoms. The highest BCUT2D eigenvalue weighted by molar-refractivity contribution is 5.76. The van der Waals surface area contributed by atoms with E-state index in [1.54, 1.807) is 18.2 Å². The van der Waals surface area contributed by atoms with Crippen molar-refractivity contribution in [2.24, 2.45) is 0 Å². The van der Waals surface area contributed by atoms with Crippen LogP contribution in [-0.4, -0.2) is 56.3 Å². The van der Waals surface area contributed by atoms with E-state index in [-0.39, 0.29) is 29.4 Å². The summed E-state index contributed by atoms with van der Waals surface area (Å²) in [4.78, 5) is 14.4. The summed E-state index contributed by atoms with van der Waals surface area (Å²) in [6, 6.07) is 4.99. The number of methoxy groups -OCH3 is 1. The summed E-state index contributed by atoms with van der Waals surface area (Å²) in [6.07, 6.45) is 0.607. The van der Waals surface area contributed by atoms with Gasteiger partial charge >= 0.3 is 0 Å². The molecule has 6 heteroatoms. The third-order valence-corrected chi connectivity index (χ3v) is 4.47. The zero-order chi connectivity index (χ0) is 17.6. The highest BCUT2D eigenvalue weighted by Gasteiger charge is 2.28.